The molecule has 0 saturated carbocycles. The van der Waals surface area contributed by atoms with Crippen LogP contribution in [0, 0.1) is 17.6 Å². The van der Waals surface area contributed by atoms with Crippen LogP contribution in [0.2, 0.25) is 0 Å². The number of amides is 1. The van der Waals surface area contributed by atoms with Crippen LogP contribution in [0.15, 0.2) is 16.6 Å². The second-order valence-electron chi connectivity index (χ2n) is 4.33. The summed E-state index contributed by atoms with van der Waals surface area (Å²) in [5.41, 5.74) is -0.668. The zero-order chi connectivity index (χ0) is 15.3. The molecule has 1 unspecified atom stereocenters. The van der Waals surface area contributed by atoms with E-state index in [2.05, 4.69) is 21.2 Å². The number of nitrogens with one attached hydrogen (secondary N) is 1. The average Bonchev–Trinajstić information content (AvgIpc) is 2.32. The van der Waals surface area contributed by atoms with Gasteiger partial charge in [-0.05, 0) is 18.1 Å². The van der Waals surface area contributed by atoms with Gasteiger partial charge in [0.1, 0.15) is 17.2 Å². The van der Waals surface area contributed by atoms with Crippen molar-refractivity contribution in [2.45, 2.75) is 19.8 Å². The molecule has 0 spiro atoms. The van der Waals surface area contributed by atoms with Crippen LogP contribution in [0.4, 0.5) is 8.78 Å². The summed E-state index contributed by atoms with van der Waals surface area (Å²) < 4.78 is 27.3. The molecule has 1 atom stereocenters. The number of carbonyl (C=O) groups excluding carboxylic acids is 1. The maximum atomic E-state index is 13.6. The fourth-order valence-electron chi connectivity index (χ4n) is 1.69. The molecule has 0 radical (unpaired) electrons. The summed E-state index contributed by atoms with van der Waals surface area (Å²) >= 11 is 2.92. The number of hydrogen-bond acceptors (Lipinski definition) is 2. The molecule has 1 rings (SSSR count). The molecule has 0 aromatic heterocycles. The van der Waals surface area contributed by atoms with Crippen LogP contribution in [-0.4, -0.2) is 23.5 Å². The molecule has 20 heavy (non-hydrogen) atoms. The predicted molar refractivity (Wildman–Crippen MR) is 72.4 cm³/mol. The van der Waals surface area contributed by atoms with Crippen molar-refractivity contribution >= 4 is 27.8 Å². The van der Waals surface area contributed by atoms with Crippen molar-refractivity contribution in [2.24, 2.45) is 5.92 Å². The van der Waals surface area contributed by atoms with Crippen molar-refractivity contribution in [3.8, 4) is 0 Å². The fraction of sp³-hybridized carbons (Fsp3) is 0.385. The molecule has 0 fully saturated rings. The first kappa shape index (κ1) is 16.6. The van der Waals surface area contributed by atoms with Gasteiger partial charge in [0.05, 0.1) is 0 Å². The summed E-state index contributed by atoms with van der Waals surface area (Å²) in [6.07, 6.45) is 0.431. The molecule has 7 heteroatoms. The summed E-state index contributed by atoms with van der Waals surface area (Å²) in [6.45, 7) is 1.83. The smallest absolute Gasteiger partial charge is 0.303 e. The van der Waals surface area contributed by atoms with E-state index in [1.807, 2.05) is 0 Å². The molecule has 1 aromatic rings. The minimum atomic E-state index is -0.980. The molecule has 2 N–H and O–H groups in total. The molecule has 0 aliphatic carbocycles. The van der Waals surface area contributed by atoms with Gasteiger partial charge >= 0.3 is 5.97 Å². The van der Waals surface area contributed by atoms with Crippen LogP contribution in [-0.2, 0) is 4.79 Å². The van der Waals surface area contributed by atoms with Crippen LogP contribution in [0.25, 0.3) is 0 Å². The number of carboxylic acids is 1. The maximum absolute atomic E-state index is 13.6. The molecule has 110 valence electrons. The summed E-state index contributed by atoms with van der Waals surface area (Å²) in [4.78, 5) is 22.3. The Labute approximate surface area is 123 Å². The third kappa shape index (κ3) is 4.56. The Morgan fingerprint density at radius 3 is 2.35 bits per heavy atom. The standard InChI is InChI=1S/C13H14BrF2NO3/c1-2-7(3-11(18)19)6-17-13(20)12-9(15)4-8(14)5-10(12)16/h4-5,7H,2-3,6H2,1H3,(H,17,20)(H,18,19). The average molecular weight is 350 g/mol. The summed E-state index contributed by atoms with van der Waals surface area (Å²) in [6, 6.07) is 1.99. The Bertz CT molecular complexity index is 499. The zero-order valence-electron chi connectivity index (χ0n) is 10.8. The molecule has 0 aliphatic rings. The predicted octanol–water partition coefficient (Wildman–Crippen LogP) is 2.96. The van der Waals surface area contributed by atoms with Gasteiger partial charge in [0.15, 0.2) is 0 Å². The van der Waals surface area contributed by atoms with Gasteiger partial charge in [0.2, 0.25) is 0 Å². The van der Waals surface area contributed by atoms with Crippen molar-refractivity contribution in [1.82, 2.24) is 5.32 Å². The van der Waals surface area contributed by atoms with Crippen LogP contribution in [0.3, 0.4) is 0 Å². The number of aliphatic carboxylic acids is 1. The molecule has 0 aliphatic heterocycles. The molecule has 0 saturated heterocycles. The molecule has 4 nitrogen and oxygen atoms in total. The number of carboxylic acid groups (broad SMARTS) is 1. The van der Waals surface area contributed by atoms with Crippen molar-refractivity contribution in [2.75, 3.05) is 6.54 Å². The Morgan fingerprint density at radius 2 is 1.90 bits per heavy atom. The van der Waals surface area contributed by atoms with Crippen LogP contribution in [0.5, 0.6) is 0 Å². The lowest BCUT2D eigenvalue weighted by molar-refractivity contribution is -0.138. The molecule has 0 heterocycles. The van der Waals surface area contributed by atoms with Crippen LogP contribution < -0.4 is 5.32 Å². The highest BCUT2D eigenvalue weighted by Gasteiger charge is 2.19. The van der Waals surface area contributed by atoms with E-state index in [-0.39, 0.29) is 23.4 Å². The summed E-state index contributed by atoms with van der Waals surface area (Å²) in [5, 5.41) is 11.0. The highest BCUT2D eigenvalue weighted by Crippen LogP contribution is 2.19. The van der Waals surface area contributed by atoms with E-state index in [9.17, 15) is 18.4 Å². The van der Waals surface area contributed by atoms with E-state index in [1.54, 1.807) is 6.92 Å². The second kappa shape index (κ2) is 7.33. The maximum Gasteiger partial charge on any atom is 0.303 e. The third-order valence-corrected chi connectivity index (χ3v) is 3.28. The van der Waals surface area contributed by atoms with E-state index >= 15 is 0 Å². The first-order valence-corrected chi connectivity index (χ1v) is 6.79. The molecule has 0 bridgehead atoms. The van der Waals surface area contributed by atoms with Gasteiger partial charge in [-0.25, -0.2) is 8.78 Å². The van der Waals surface area contributed by atoms with E-state index in [4.69, 9.17) is 5.11 Å². The lowest BCUT2D eigenvalue weighted by Crippen LogP contribution is -2.31. The SMILES string of the molecule is CCC(CNC(=O)c1c(F)cc(Br)cc1F)CC(=O)O. The van der Waals surface area contributed by atoms with Gasteiger partial charge in [-0.15, -0.1) is 0 Å². The van der Waals surface area contributed by atoms with E-state index in [1.165, 1.54) is 0 Å². The van der Waals surface area contributed by atoms with Gasteiger partial charge in [-0.2, -0.15) is 0 Å². The first-order chi connectivity index (χ1) is 9.35. The van der Waals surface area contributed by atoms with Gasteiger partial charge in [-0.1, -0.05) is 29.3 Å². The number of rotatable bonds is 6. The number of benzene rings is 1. The normalized spacial score (nSPS) is 12.0. The second-order valence-corrected chi connectivity index (χ2v) is 5.24. The summed E-state index contributed by atoms with van der Waals surface area (Å²) in [5.74, 6) is -4.09. The number of hydrogen-bond donors (Lipinski definition) is 2. The molecule has 1 amide bonds. The van der Waals surface area contributed by atoms with Crippen molar-refractivity contribution in [3.63, 3.8) is 0 Å². The van der Waals surface area contributed by atoms with Crippen molar-refractivity contribution in [3.05, 3.63) is 33.8 Å². The summed E-state index contributed by atoms with van der Waals surface area (Å²) in [7, 11) is 0. The Balaban J connectivity index is 2.74. The Kier molecular flexibility index (Phi) is 6.06. The minimum Gasteiger partial charge on any atom is -0.481 e. The van der Waals surface area contributed by atoms with E-state index < -0.39 is 29.1 Å². The quantitative estimate of drug-likeness (QED) is 0.829. The van der Waals surface area contributed by atoms with Gasteiger partial charge in [-0.3, -0.25) is 9.59 Å². The molecular formula is C13H14BrF2NO3. The Hall–Kier alpha value is -1.50. The highest BCUT2D eigenvalue weighted by molar-refractivity contribution is 9.10. The zero-order valence-corrected chi connectivity index (χ0v) is 12.3. The third-order valence-electron chi connectivity index (χ3n) is 2.83. The topological polar surface area (TPSA) is 66.4 Å². The lowest BCUT2D eigenvalue weighted by Gasteiger charge is -2.14. The number of carbonyl (C=O) groups is 2. The largest absolute Gasteiger partial charge is 0.481 e. The van der Waals surface area contributed by atoms with Gasteiger partial charge in [0.25, 0.3) is 5.91 Å². The van der Waals surface area contributed by atoms with Crippen LogP contribution in [0.1, 0.15) is 30.1 Å². The molecule has 1 aromatic carbocycles. The molecular weight excluding hydrogens is 336 g/mol. The lowest BCUT2D eigenvalue weighted by atomic mass is 10.0. The Morgan fingerprint density at radius 1 is 1.35 bits per heavy atom. The monoisotopic (exact) mass is 349 g/mol. The van der Waals surface area contributed by atoms with Crippen molar-refractivity contribution in [1.29, 1.82) is 0 Å². The van der Waals surface area contributed by atoms with Crippen LogP contribution >= 0.6 is 15.9 Å². The van der Waals surface area contributed by atoms with E-state index in [0.29, 0.717) is 6.42 Å². The fourth-order valence-corrected chi connectivity index (χ4v) is 2.09. The number of halogens is 3. The van der Waals surface area contributed by atoms with E-state index in [0.717, 1.165) is 12.1 Å². The minimum absolute atomic E-state index is 0.0522. The van der Waals surface area contributed by atoms with Crippen molar-refractivity contribution < 1.29 is 23.5 Å². The first-order valence-electron chi connectivity index (χ1n) is 5.99. The van der Waals surface area contributed by atoms with Gasteiger partial charge in [0, 0.05) is 17.4 Å². The highest BCUT2D eigenvalue weighted by atomic mass is 79.9. The van der Waals surface area contributed by atoms with Gasteiger partial charge < -0.3 is 10.4 Å².